The maximum atomic E-state index is 12.1. The summed E-state index contributed by atoms with van der Waals surface area (Å²) in [7, 11) is -3.33. The number of aryl methyl sites for hydroxylation is 1. The van der Waals surface area contributed by atoms with Crippen LogP contribution in [-0.4, -0.2) is 42.1 Å². The van der Waals surface area contributed by atoms with Crippen LogP contribution in [0.15, 0.2) is 0 Å². The second-order valence-corrected chi connectivity index (χ2v) is 7.13. The lowest BCUT2D eigenvalue weighted by Gasteiger charge is -2.25. The molecule has 0 aromatic carbocycles. The van der Waals surface area contributed by atoms with E-state index < -0.39 is 10.2 Å². The second kappa shape index (κ2) is 6.24. The molecule has 2 heterocycles. The van der Waals surface area contributed by atoms with Gasteiger partial charge in [-0.3, -0.25) is 4.68 Å². The van der Waals surface area contributed by atoms with Crippen LogP contribution >= 0.6 is 0 Å². The molecule has 1 aromatic heterocycles. The highest BCUT2D eigenvalue weighted by Crippen LogP contribution is 2.12. The van der Waals surface area contributed by atoms with E-state index in [1.807, 2.05) is 25.5 Å². The average molecular weight is 300 g/mol. The topological polar surface area (TPSA) is 67.2 Å². The van der Waals surface area contributed by atoms with Crippen LogP contribution in [-0.2, 0) is 16.8 Å². The molecule has 1 fully saturated rings. The van der Waals surface area contributed by atoms with Gasteiger partial charge in [-0.1, -0.05) is 6.42 Å². The van der Waals surface area contributed by atoms with Crippen molar-refractivity contribution in [2.75, 3.05) is 19.6 Å². The molecule has 0 spiro atoms. The molecule has 1 saturated heterocycles. The molecule has 0 atom stereocenters. The van der Waals surface area contributed by atoms with E-state index in [0.717, 1.165) is 30.7 Å². The Kier molecular flexibility index (Phi) is 4.82. The molecule has 20 heavy (non-hydrogen) atoms. The molecule has 0 unspecified atom stereocenters. The van der Waals surface area contributed by atoms with E-state index in [0.29, 0.717) is 26.2 Å². The molecule has 1 aliphatic heterocycles. The summed E-state index contributed by atoms with van der Waals surface area (Å²) in [6.07, 6.45) is 3.03. The highest BCUT2D eigenvalue weighted by Gasteiger charge is 2.23. The monoisotopic (exact) mass is 300 g/mol. The molecule has 1 N–H and O–H groups in total. The molecule has 7 heteroatoms. The number of hydrogen-bond donors (Lipinski definition) is 1. The fourth-order valence-electron chi connectivity index (χ4n) is 2.48. The lowest BCUT2D eigenvalue weighted by molar-refractivity contribution is 0.341. The van der Waals surface area contributed by atoms with Crippen molar-refractivity contribution in [2.45, 2.75) is 46.6 Å². The summed E-state index contributed by atoms with van der Waals surface area (Å²) in [4.78, 5) is 0. The Balaban J connectivity index is 1.90. The molecule has 114 valence electrons. The first-order chi connectivity index (χ1) is 9.42. The fourth-order valence-corrected chi connectivity index (χ4v) is 3.75. The number of nitrogens with one attached hydrogen (secondary N) is 1. The first-order valence-corrected chi connectivity index (χ1v) is 8.61. The molecule has 1 aliphatic rings. The molecule has 0 amide bonds. The van der Waals surface area contributed by atoms with Crippen molar-refractivity contribution >= 4 is 10.2 Å². The number of nitrogens with zero attached hydrogens (tertiary/aromatic N) is 3. The zero-order chi connectivity index (χ0) is 14.8. The Hall–Kier alpha value is -0.920. The van der Waals surface area contributed by atoms with Crippen molar-refractivity contribution in [3.05, 3.63) is 17.0 Å². The quantitative estimate of drug-likeness (QED) is 0.886. The summed E-state index contributed by atoms with van der Waals surface area (Å²) in [6.45, 7) is 8.22. The van der Waals surface area contributed by atoms with Gasteiger partial charge in [0.2, 0.25) is 0 Å². The van der Waals surface area contributed by atoms with E-state index in [1.165, 1.54) is 5.56 Å². The van der Waals surface area contributed by atoms with Crippen molar-refractivity contribution in [1.29, 1.82) is 0 Å². The number of rotatable bonds is 5. The molecular formula is C13H24N4O2S. The maximum Gasteiger partial charge on any atom is 0.279 e. The van der Waals surface area contributed by atoms with E-state index in [4.69, 9.17) is 0 Å². The number of piperidine rings is 1. The van der Waals surface area contributed by atoms with Gasteiger partial charge in [-0.05, 0) is 39.2 Å². The third kappa shape index (κ3) is 3.39. The zero-order valence-corrected chi connectivity index (χ0v) is 13.3. The van der Waals surface area contributed by atoms with Crippen LogP contribution in [0.25, 0.3) is 0 Å². The molecule has 0 bridgehead atoms. The van der Waals surface area contributed by atoms with Crippen LogP contribution in [0.2, 0.25) is 0 Å². The zero-order valence-electron chi connectivity index (χ0n) is 12.5. The van der Waals surface area contributed by atoms with Gasteiger partial charge in [-0.25, -0.2) is 4.72 Å². The van der Waals surface area contributed by atoms with Gasteiger partial charge in [-0.2, -0.15) is 17.8 Å². The summed E-state index contributed by atoms with van der Waals surface area (Å²) >= 11 is 0. The highest BCUT2D eigenvalue weighted by molar-refractivity contribution is 7.87. The molecule has 0 radical (unpaired) electrons. The highest BCUT2D eigenvalue weighted by atomic mass is 32.2. The number of aromatic nitrogens is 2. The van der Waals surface area contributed by atoms with Crippen LogP contribution in [0.3, 0.4) is 0 Å². The predicted octanol–water partition coefficient (Wildman–Crippen LogP) is 1.13. The Bertz CT molecular complexity index is 559. The van der Waals surface area contributed by atoms with Crippen LogP contribution in [0.4, 0.5) is 0 Å². The van der Waals surface area contributed by atoms with Gasteiger partial charge in [0, 0.05) is 25.3 Å². The van der Waals surface area contributed by atoms with Crippen LogP contribution < -0.4 is 4.72 Å². The van der Waals surface area contributed by atoms with Gasteiger partial charge in [0.25, 0.3) is 10.2 Å². The first-order valence-electron chi connectivity index (χ1n) is 7.17. The molecule has 6 nitrogen and oxygen atoms in total. The SMILES string of the molecule is Cc1nn(CCNS(=O)(=O)N2CCCCC2)c(C)c1C. The van der Waals surface area contributed by atoms with Gasteiger partial charge >= 0.3 is 0 Å². The minimum atomic E-state index is -3.33. The maximum absolute atomic E-state index is 12.1. The van der Waals surface area contributed by atoms with E-state index in [-0.39, 0.29) is 0 Å². The Labute approximate surface area is 121 Å². The van der Waals surface area contributed by atoms with Gasteiger partial charge in [0.1, 0.15) is 0 Å². The standard InChI is InChI=1S/C13H24N4O2S/c1-11-12(2)15-17(13(11)3)10-7-14-20(18,19)16-8-5-4-6-9-16/h14H,4-10H2,1-3H3. The normalized spacial score (nSPS) is 17.6. The summed E-state index contributed by atoms with van der Waals surface area (Å²) in [5.41, 5.74) is 3.27. The third-order valence-electron chi connectivity index (χ3n) is 4.01. The molecule has 2 rings (SSSR count). The second-order valence-electron chi connectivity index (χ2n) is 5.38. The summed E-state index contributed by atoms with van der Waals surface area (Å²) in [5, 5.41) is 4.41. The summed E-state index contributed by atoms with van der Waals surface area (Å²) in [6, 6.07) is 0. The van der Waals surface area contributed by atoms with E-state index in [9.17, 15) is 8.42 Å². The van der Waals surface area contributed by atoms with Crippen molar-refractivity contribution in [1.82, 2.24) is 18.8 Å². The van der Waals surface area contributed by atoms with E-state index in [2.05, 4.69) is 9.82 Å². The van der Waals surface area contributed by atoms with Crippen molar-refractivity contribution in [3.63, 3.8) is 0 Å². The fraction of sp³-hybridized carbons (Fsp3) is 0.769. The largest absolute Gasteiger partial charge is 0.279 e. The first kappa shape index (κ1) is 15.5. The summed E-state index contributed by atoms with van der Waals surface area (Å²) < 4.78 is 30.3. The average Bonchev–Trinajstić information content (AvgIpc) is 2.67. The smallest absolute Gasteiger partial charge is 0.268 e. The van der Waals surface area contributed by atoms with Gasteiger partial charge in [0.15, 0.2) is 0 Å². The van der Waals surface area contributed by atoms with Gasteiger partial charge in [0.05, 0.1) is 12.2 Å². The molecular weight excluding hydrogens is 276 g/mol. The minimum Gasteiger partial charge on any atom is -0.268 e. The lowest BCUT2D eigenvalue weighted by atomic mass is 10.2. The predicted molar refractivity (Wildman–Crippen MR) is 78.8 cm³/mol. The van der Waals surface area contributed by atoms with E-state index in [1.54, 1.807) is 4.31 Å². The van der Waals surface area contributed by atoms with Gasteiger partial charge in [-0.15, -0.1) is 0 Å². The van der Waals surface area contributed by atoms with Gasteiger partial charge < -0.3 is 0 Å². The number of hydrogen-bond acceptors (Lipinski definition) is 3. The Morgan fingerprint density at radius 1 is 1.15 bits per heavy atom. The van der Waals surface area contributed by atoms with Crippen LogP contribution in [0, 0.1) is 20.8 Å². The molecule has 0 aliphatic carbocycles. The Morgan fingerprint density at radius 2 is 1.80 bits per heavy atom. The van der Waals surface area contributed by atoms with Crippen LogP contribution in [0.1, 0.15) is 36.2 Å². The third-order valence-corrected chi connectivity index (χ3v) is 5.62. The van der Waals surface area contributed by atoms with Crippen molar-refractivity contribution < 1.29 is 8.42 Å². The van der Waals surface area contributed by atoms with Crippen molar-refractivity contribution in [3.8, 4) is 0 Å². The Morgan fingerprint density at radius 3 is 2.35 bits per heavy atom. The molecule has 0 saturated carbocycles. The van der Waals surface area contributed by atoms with E-state index >= 15 is 0 Å². The minimum absolute atomic E-state index is 0.375. The molecule has 1 aromatic rings. The summed E-state index contributed by atoms with van der Waals surface area (Å²) in [5.74, 6) is 0. The van der Waals surface area contributed by atoms with Crippen molar-refractivity contribution in [2.24, 2.45) is 0 Å². The lowest BCUT2D eigenvalue weighted by Crippen LogP contribution is -2.44. The van der Waals surface area contributed by atoms with Crippen LogP contribution in [0.5, 0.6) is 0 Å².